The molecule has 2 aliphatic carbocycles. The molecule has 96 valence electrons. The molecule has 4 heteroatoms. The maximum atomic E-state index is 12.8. The van der Waals surface area contributed by atoms with Gasteiger partial charge >= 0.3 is 0 Å². The molecule has 0 atom stereocenters. The van der Waals surface area contributed by atoms with Crippen LogP contribution in [-0.2, 0) is 0 Å². The van der Waals surface area contributed by atoms with Gasteiger partial charge in [-0.05, 0) is 30.4 Å². The number of halogens is 2. The second-order valence-corrected chi connectivity index (χ2v) is 5.65. The summed E-state index contributed by atoms with van der Waals surface area (Å²) in [6.45, 7) is 0. The first-order valence-electron chi connectivity index (χ1n) is 6.22. The van der Waals surface area contributed by atoms with Crippen LogP contribution in [0.25, 0.3) is 0 Å². The molecule has 2 nitrogen and oxygen atoms in total. The number of amides is 1. The molecular formula is C14H15F2NO. The molecule has 0 radical (unpaired) electrons. The predicted octanol–water partition coefficient (Wildman–Crippen LogP) is 2.99. The lowest BCUT2D eigenvalue weighted by Crippen LogP contribution is -2.59. The Morgan fingerprint density at radius 3 is 2.33 bits per heavy atom. The molecule has 0 aliphatic heterocycles. The monoisotopic (exact) mass is 251 g/mol. The summed E-state index contributed by atoms with van der Waals surface area (Å²) in [6, 6.07) is 9.04. The summed E-state index contributed by atoms with van der Waals surface area (Å²) in [6.07, 6.45) is 1.39. The number of hydrogen-bond donors (Lipinski definition) is 1. The molecule has 0 heterocycles. The van der Waals surface area contributed by atoms with E-state index in [0.717, 1.165) is 0 Å². The van der Waals surface area contributed by atoms with Gasteiger partial charge in [0.05, 0.1) is 0 Å². The zero-order chi connectivity index (χ0) is 12.8. The maximum Gasteiger partial charge on any atom is 0.251 e. The number of rotatable bonds is 2. The highest BCUT2D eigenvalue weighted by atomic mass is 19.3. The number of hydrogen-bond acceptors (Lipinski definition) is 1. The van der Waals surface area contributed by atoms with Crippen molar-refractivity contribution in [1.82, 2.24) is 5.32 Å². The molecule has 18 heavy (non-hydrogen) atoms. The van der Waals surface area contributed by atoms with Gasteiger partial charge in [0.15, 0.2) is 0 Å². The second kappa shape index (κ2) is 3.77. The van der Waals surface area contributed by atoms with Crippen LogP contribution < -0.4 is 5.32 Å². The fraction of sp³-hybridized carbons (Fsp3) is 0.500. The van der Waals surface area contributed by atoms with Crippen LogP contribution >= 0.6 is 0 Å². The molecule has 0 unspecified atom stereocenters. The lowest BCUT2D eigenvalue weighted by atomic mass is 9.52. The van der Waals surface area contributed by atoms with Crippen LogP contribution in [0.15, 0.2) is 30.3 Å². The van der Waals surface area contributed by atoms with Gasteiger partial charge in [-0.1, -0.05) is 18.2 Å². The molecule has 2 fully saturated rings. The normalized spacial score (nSPS) is 24.1. The summed E-state index contributed by atoms with van der Waals surface area (Å²) in [4.78, 5) is 11.8. The van der Waals surface area contributed by atoms with Crippen molar-refractivity contribution in [2.75, 3.05) is 0 Å². The molecule has 0 aromatic heterocycles. The summed E-state index contributed by atoms with van der Waals surface area (Å²) >= 11 is 0. The van der Waals surface area contributed by atoms with Crippen molar-refractivity contribution in [1.29, 1.82) is 0 Å². The first-order chi connectivity index (χ1) is 8.48. The molecule has 0 saturated heterocycles. The third-order valence-electron chi connectivity index (χ3n) is 4.00. The lowest BCUT2D eigenvalue weighted by molar-refractivity contribution is -0.197. The van der Waals surface area contributed by atoms with Gasteiger partial charge in [0.25, 0.3) is 5.91 Å². The summed E-state index contributed by atoms with van der Waals surface area (Å²) in [5, 5.41) is 2.90. The van der Waals surface area contributed by atoms with Crippen LogP contribution in [0.3, 0.4) is 0 Å². The minimum atomic E-state index is -2.46. The molecule has 1 spiro atoms. The van der Waals surface area contributed by atoms with Gasteiger partial charge in [-0.2, -0.15) is 0 Å². The van der Waals surface area contributed by atoms with E-state index in [1.165, 1.54) is 0 Å². The van der Waals surface area contributed by atoms with E-state index < -0.39 is 5.92 Å². The third kappa shape index (κ3) is 2.00. The molecule has 1 amide bonds. The molecular weight excluding hydrogens is 236 g/mol. The van der Waals surface area contributed by atoms with E-state index in [4.69, 9.17) is 0 Å². The van der Waals surface area contributed by atoms with E-state index in [0.29, 0.717) is 18.4 Å². The quantitative estimate of drug-likeness (QED) is 0.860. The van der Waals surface area contributed by atoms with Crippen molar-refractivity contribution >= 4 is 5.91 Å². The van der Waals surface area contributed by atoms with Gasteiger partial charge in [-0.15, -0.1) is 0 Å². The second-order valence-electron chi connectivity index (χ2n) is 5.65. The van der Waals surface area contributed by atoms with Crippen LogP contribution in [-0.4, -0.2) is 17.9 Å². The fourth-order valence-electron chi connectivity index (χ4n) is 3.28. The van der Waals surface area contributed by atoms with Crippen molar-refractivity contribution in [3.05, 3.63) is 35.9 Å². The molecule has 2 saturated carbocycles. The van der Waals surface area contributed by atoms with E-state index in [1.807, 2.05) is 18.2 Å². The standard InChI is InChI=1S/C14H15F2NO/c15-14(16)8-13(9-14)6-11(7-13)17-12(18)10-4-2-1-3-5-10/h1-5,11H,6-9H2,(H,17,18). The Labute approximate surface area is 104 Å². The summed E-state index contributed by atoms with van der Waals surface area (Å²) in [5.74, 6) is -2.57. The highest BCUT2D eigenvalue weighted by Crippen LogP contribution is 2.62. The van der Waals surface area contributed by atoms with E-state index in [1.54, 1.807) is 12.1 Å². The average molecular weight is 251 g/mol. The smallest absolute Gasteiger partial charge is 0.251 e. The van der Waals surface area contributed by atoms with Crippen LogP contribution in [0.5, 0.6) is 0 Å². The number of carbonyl (C=O) groups excluding carboxylic acids is 1. The predicted molar refractivity (Wildman–Crippen MR) is 63.5 cm³/mol. The van der Waals surface area contributed by atoms with Crippen LogP contribution in [0.2, 0.25) is 0 Å². The molecule has 3 rings (SSSR count). The molecule has 1 N–H and O–H groups in total. The maximum absolute atomic E-state index is 12.8. The van der Waals surface area contributed by atoms with Crippen molar-refractivity contribution < 1.29 is 13.6 Å². The average Bonchev–Trinajstić information content (AvgIpc) is 2.25. The lowest BCUT2D eigenvalue weighted by Gasteiger charge is -2.57. The fourth-order valence-corrected chi connectivity index (χ4v) is 3.28. The van der Waals surface area contributed by atoms with Crippen molar-refractivity contribution in [3.63, 3.8) is 0 Å². The Morgan fingerprint density at radius 1 is 1.17 bits per heavy atom. The molecule has 2 aliphatic rings. The Bertz CT molecular complexity index is 456. The molecule has 1 aromatic rings. The Balaban J connectivity index is 1.51. The number of benzene rings is 1. The largest absolute Gasteiger partial charge is 0.349 e. The van der Waals surface area contributed by atoms with Gasteiger partial charge in [0, 0.05) is 24.4 Å². The minimum Gasteiger partial charge on any atom is -0.349 e. The summed E-state index contributed by atoms with van der Waals surface area (Å²) in [7, 11) is 0. The summed E-state index contributed by atoms with van der Waals surface area (Å²) in [5.41, 5.74) is 0.440. The minimum absolute atomic E-state index is 0.00227. The van der Waals surface area contributed by atoms with Crippen LogP contribution in [0, 0.1) is 5.41 Å². The van der Waals surface area contributed by atoms with Crippen molar-refractivity contribution in [3.8, 4) is 0 Å². The van der Waals surface area contributed by atoms with Gasteiger partial charge in [-0.25, -0.2) is 8.78 Å². The van der Waals surface area contributed by atoms with Gasteiger partial charge in [0.2, 0.25) is 5.92 Å². The Hall–Kier alpha value is -1.45. The van der Waals surface area contributed by atoms with Gasteiger partial charge < -0.3 is 5.32 Å². The van der Waals surface area contributed by atoms with E-state index in [-0.39, 0.29) is 30.2 Å². The topological polar surface area (TPSA) is 29.1 Å². The van der Waals surface area contributed by atoms with Crippen LogP contribution in [0.4, 0.5) is 8.78 Å². The zero-order valence-electron chi connectivity index (χ0n) is 9.96. The highest BCUT2D eigenvalue weighted by Gasteiger charge is 2.61. The zero-order valence-corrected chi connectivity index (χ0v) is 9.96. The summed E-state index contributed by atoms with van der Waals surface area (Å²) < 4.78 is 25.6. The van der Waals surface area contributed by atoms with Crippen molar-refractivity contribution in [2.24, 2.45) is 5.41 Å². The first-order valence-corrected chi connectivity index (χ1v) is 6.22. The number of carbonyl (C=O) groups is 1. The Morgan fingerprint density at radius 2 is 1.78 bits per heavy atom. The van der Waals surface area contributed by atoms with Gasteiger partial charge in [0.1, 0.15) is 0 Å². The van der Waals surface area contributed by atoms with E-state index >= 15 is 0 Å². The van der Waals surface area contributed by atoms with Gasteiger partial charge in [-0.3, -0.25) is 4.79 Å². The Kier molecular flexibility index (Phi) is 2.44. The highest BCUT2D eigenvalue weighted by molar-refractivity contribution is 5.94. The molecule has 1 aromatic carbocycles. The van der Waals surface area contributed by atoms with E-state index in [2.05, 4.69) is 5.32 Å². The van der Waals surface area contributed by atoms with Crippen molar-refractivity contribution in [2.45, 2.75) is 37.6 Å². The number of alkyl halides is 2. The number of nitrogens with one attached hydrogen (secondary N) is 1. The third-order valence-corrected chi connectivity index (χ3v) is 4.00. The van der Waals surface area contributed by atoms with Crippen LogP contribution in [0.1, 0.15) is 36.0 Å². The first kappa shape index (κ1) is 11.6. The van der Waals surface area contributed by atoms with E-state index in [9.17, 15) is 13.6 Å². The SMILES string of the molecule is O=C(NC1CC2(C1)CC(F)(F)C2)c1ccccc1. The molecule has 0 bridgehead atoms.